The highest BCUT2D eigenvalue weighted by atomic mass is 32.1. The number of hydrogen-bond acceptors (Lipinski definition) is 8. The van der Waals surface area contributed by atoms with Gasteiger partial charge in [-0.25, -0.2) is 18.7 Å². The number of morpholine rings is 1. The zero-order chi connectivity index (χ0) is 22.5. The molecule has 1 fully saturated rings. The average Bonchev–Trinajstić information content (AvgIpc) is 3.47. The topological polar surface area (TPSA) is 110 Å². The van der Waals surface area contributed by atoms with Crippen LogP contribution < -0.4 is 15.8 Å². The first kappa shape index (κ1) is 21.8. The molecule has 1 aliphatic heterocycles. The van der Waals surface area contributed by atoms with Crippen molar-refractivity contribution >= 4 is 28.3 Å². The van der Waals surface area contributed by atoms with E-state index >= 15 is 0 Å². The summed E-state index contributed by atoms with van der Waals surface area (Å²) < 4.78 is 37.6. The predicted octanol–water partition coefficient (Wildman–Crippen LogP) is 2.31. The van der Waals surface area contributed by atoms with Crippen LogP contribution in [0, 0.1) is 11.6 Å². The molecular weight excluding hydrogens is 444 g/mol. The van der Waals surface area contributed by atoms with Crippen LogP contribution in [0.4, 0.5) is 13.9 Å². The van der Waals surface area contributed by atoms with Gasteiger partial charge in [-0.15, -0.1) is 11.3 Å². The summed E-state index contributed by atoms with van der Waals surface area (Å²) in [7, 11) is 0. The Bertz CT molecular complexity index is 1110. The van der Waals surface area contributed by atoms with Gasteiger partial charge in [0, 0.05) is 37.4 Å². The number of nitrogens with one attached hydrogen (secondary N) is 2. The Morgan fingerprint density at radius 2 is 2.00 bits per heavy atom. The van der Waals surface area contributed by atoms with E-state index in [1.54, 1.807) is 5.38 Å². The van der Waals surface area contributed by atoms with Crippen molar-refractivity contribution in [3.63, 3.8) is 0 Å². The Morgan fingerprint density at radius 1 is 1.19 bits per heavy atom. The molecule has 3 heterocycles. The molecule has 0 saturated carbocycles. The van der Waals surface area contributed by atoms with Crippen molar-refractivity contribution in [3.8, 4) is 11.3 Å². The number of oxazole rings is 1. The zero-order valence-corrected chi connectivity index (χ0v) is 17.6. The molecule has 0 bridgehead atoms. The van der Waals surface area contributed by atoms with Crippen molar-refractivity contribution in [1.82, 2.24) is 20.8 Å². The lowest BCUT2D eigenvalue weighted by molar-refractivity contribution is -0.121. The number of halogens is 2. The van der Waals surface area contributed by atoms with E-state index in [0.717, 1.165) is 17.3 Å². The lowest BCUT2D eigenvalue weighted by atomic mass is 10.2. The van der Waals surface area contributed by atoms with Crippen molar-refractivity contribution < 1.29 is 27.5 Å². The molecule has 0 unspecified atom stereocenters. The molecule has 1 aromatic carbocycles. The number of aryl methyl sites for hydroxylation is 1. The normalized spacial score (nSPS) is 13.8. The molecule has 0 atom stereocenters. The largest absolute Gasteiger partial charge is 0.441 e. The van der Waals surface area contributed by atoms with Gasteiger partial charge in [0.05, 0.1) is 25.0 Å². The maximum absolute atomic E-state index is 13.8. The number of carbonyl (C=O) groups is 2. The SMILES string of the molecule is O=C(CCc1ncc(-c2ccc(F)cc2F)o1)NNC(=O)c1csc(N2CCOCC2)n1. The quantitative estimate of drug-likeness (QED) is 0.540. The second-order valence-electron chi connectivity index (χ2n) is 6.86. The van der Waals surface area contributed by atoms with Gasteiger partial charge in [-0.1, -0.05) is 0 Å². The number of carbonyl (C=O) groups excluding carboxylic acids is 2. The van der Waals surface area contributed by atoms with Crippen molar-refractivity contribution in [3.05, 3.63) is 53.0 Å². The molecule has 168 valence electrons. The number of nitrogens with zero attached hydrogens (tertiary/aromatic N) is 3. The maximum Gasteiger partial charge on any atom is 0.289 e. The van der Waals surface area contributed by atoms with Crippen LogP contribution in [0.25, 0.3) is 11.3 Å². The number of hydrazine groups is 1. The summed E-state index contributed by atoms with van der Waals surface area (Å²) in [6.07, 6.45) is 1.41. The molecule has 2 N–H and O–H groups in total. The summed E-state index contributed by atoms with van der Waals surface area (Å²) in [4.78, 5) is 34.6. The lowest BCUT2D eigenvalue weighted by Gasteiger charge is -2.25. The van der Waals surface area contributed by atoms with Crippen LogP contribution >= 0.6 is 11.3 Å². The summed E-state index contributed by atoms with van der Waals surface area (Å²) in [5.41, 5.74) is 4.91. The third-order valence-corrected chi connectivity index (χ3v) is 5.54. The molecule has 12 heteroatoms. The van der Waals surface area contributed by atoms with Crippen LogP contribution in [-0.2, 0) is 16.0 Å². The van der Waals surface area contributed by atoms with E-state index in [1.165, 1.54) is 23.6 Å². The Balaban J connectivity index is 1.24. The molecule has 2 aromatic heterocycles. The second-order valence-corrected chi connectivity index (χ2v) is 7.70. The fourth-order valence-corrected chi connectivity index (χ4v) is 3.84. The first-order valence-corrected chi connectivity index (χ1v) is 10.6. The summed E-state index contributed by atoms with van der Waals surface area (Å²) in [5, 5.41) is 2.34. The molecule has 4 rings (SSSR count). The smallest absolute Gasteiger partial charge is 0.289 e. The summed E-state index contributed by atoms with van der Waals surface area (Å²) in [6.45, 7) is 2.65. The molecule has 1 aliphatic rings. The minimum atomic E-state index is -0.771. The van der Waals surface area contributed by atoms with Gasteiger partial charge in [-0.2, -0.15) is 0 Å². The number of amides is 2. The fourth-order valence-electron chi connectivity index (χ4n) is 2.98. The van der Waals surface area contributed by atoms with Crippen LogP contribution in [0.1, 0.15) is 22.8 Å². The van der Waals surface area contributed by atoms with E-state index in [-0.39, 0.29) is 35.7 Å². The highest BCUT2D eigenvalue weighted by Gasteiger charge is 2.18. The first-order valence-electron chi connectivity index (χ1n) is 9.77. The summed E-state index contributed by atoms with van der Waals surface area (Å²) in [5.74, 6) is -2.12. The van der Waals surface area contributed by atoms with Crippen molar-refractivity contribution in [2.45, 2.75) is 12.8 Å². The number of hydrogen-bond donors (Lipinski definition) is 2. The molecule has 3 aromatic rings. The number of rotatable bonds is 6. The fraction of sp³-hybridized carbons (Fsp3) is 0.300. The molecule has 2 amide bonds. The van der Waals surface area contributed by atoms with Gasteiger partial charge < -0.3 is 14.1 Å². The molecule has 32 heavy (non-hydrogen) atoms. The molecule has 9 nitrogen and oxygen atoms in total. The van der Waals surface area contributed by atoms with Crippen LogP contribution in [0.3, 0.4) is 0 Å². The number of benzene rings is 1. The molecular formula is C20H19F2N5O4S. The van der Waals surface area contributed by atoms with E-state index in [0.29, 0.717) is 26.3 Å². The van der Waals surface area contributed by atoms with Crippen molar-refractivity contribution in [1.29, 1.82) is 0 Å². The van der Waals surface area contributed by atoms with Crippen LogP contribution in [0.15, 0.2) is 34.2 Å². The maximum atomic E-state index is 13.8. The van der Waals surface area contributed by atoms with Gasteiger partial charge in [0.15, 0.2) is 16.8 Å². The highest BCUT2D eigenvalue weighted by molar-refractivity contribution is 7.13. The number of thiazole rings is 1. The van der Waals surface area contributed by atoms with Crippen LogP contribution in [-0.4, -0.2) is 48.1 Å². The Hall–Kier alpha value is -3.38. The van der Waals surface area contributed by atoms with Gasteiger partial charge >= 0.3 is 0 Å². The van der Waals surface area contributed by atoms with E-state index < -0.39 is 23.4 Å². The molecule has 0 aliphatic carbocycles. The van der Waals surface area contributed by atoms with E-state index in [4.69, 9.17) is 9.15 Å². The van der Waals surface area contributed by atoms with Crippen molar-refractivity contribution in [2.24, 2.45) is 0 Å². The average molecular weight is 463 g/mol. The summed E-state index contributed by atoms with van der Waals surface area (Å²) >= 11 is 1.35. The second kappa shape index (κ2) is 9.83. The predicted molar refractivity (Wildman–Crippen MR) is 111 cm³/mol. The minimum absolute atomic E-state index is 0.0256. The lowest BCUT2D eigenvalue weighted by Crippen LogP contribution is -2.42. The van der Waals surface area contributed by atoms with Crippen molar-refractivity contribution in [2.75, 3.05) is 31.2 Å². The summed E-state index contributed by atoms with van der Waals surface area (Å²) in [6, 6.07) is 3.11. The standard InChI is InChI=1S/C20H19F2N5O4S/c21-12-1-2-13(14(22)9-12)16-10-23-18(31-16)4-3-17(28)25-26-19(29)15-11-32-20(24-15)27-5-7-30-8-6-27/h1-2,9-11H,3-8H2,(H,25,28)(H,26,29). The van der Waals surface area contributed by atoms with Gasteiger partial charge in [0.1, 0.15) is 17.3 Å². The minimum Gasteiger partial charge on any atom is -0.441 e. The zero-order valence-electron chi connectivity index (χ0n) is 16.8. The van der Waals surface area contributed by atoms with Crippen LogP contribution in [0.2, 0.25) is 0 Å². The van der Waals surface area contributed by atoms with Gasteiger partial charge in [0.2, 0.25) is 5.91 Å². The molecule has 1 saturated heterocycles. The Labute approximate surface area is 185 Å². The third-order valence-electron chi connectivity index (χ3n) is 4.64. The van der Waals surface area contributed by atoms with E-state index in [2.05, 4.69) is 20.8 Å². The van der Waals surface area contributed by atoms with Gasteiger partial charge in [0.25, 0.3) is 5.91 Å². The van der Waals surface area contributed by atoms with Gasteiger partial charge in [-0.3, -0.25) is 20.4 Å². The Kier molecular flexibility index (Phi) is 6.71. The van der Waals surface area contributed by atoms with E-state index in [9.17, 15) is 18.4 Å². The van der Waals surface area contributed by atoms with E-state index in [1.807, 2.05) is 4.90 Å². The monoisotopic (exact) mass is 463 g/mol. The molecule has 0 spiro atoms. The van der Waals surface area contributed by atoms with Crippen LogP contribution in [0.5, 0.6) is 0 Å². The van der Waals surface area contributed by atoms with Gasteiger partial charge in [-0.05, 0) is 12.1 Å². The molecule has 0 radical (unpaired) electrons. The number of aromatic nitrogens is 2. The third kappa shape index (κ3) is 5.26. The number of ether oxygens (including phenoxy) is 1. The Morgan fingerprint density at radius 3 is 2.78 bits per heavy atom. The number of anilines is 1. The highest BCUT2D eigenvalue weighted by Crippen LogP contribution is 2.24. The first-order chi connectivity index (χ1) is 15.5.